The molecule has 1 N–H and O–H groups in total. The Labute approximate surface area is 204 Å². The van der Waals surface area contributed by atoms with Gasteiger partial charge in [-0.05, 0) is 67.8 Å². The van der Waals surface area contributed by atoms with Gasteiger partial charge < -0.3 is 9.13 Å². The first-order chi connectivity index (χ1) is 17.0. The molecule has 0 saturated carbocycles. The van der Waals surface area contributed by atoms with E-state index in [9.17, 15) is 4.79 Å². The third-order valence-electron chi connectivity index (χ3n) is 6.50. The maximum Gasteiger partial charge on any atom is 0.271 e. The van der Waals surface area contributed by atoms with Crippen molar-refractivity contribution in [2.45, 2.75) is 27.3 Å². The number of hydrazone groups is 1. The molecule has 0 saturated heterocycles. The van der Waals surface area contributed by atoms with Crippen LogP contribution in [0.15, 0.2) is 96.6 Å². The Bertz CT molecular complexity index is 1510. The van der Waals surface area contributed by atoms with Gasteiger partial charge in [0.05, 0.1) is 12.0 Å². The molecule has 2 aromatic heterocycles. The normalized spacial score (nSPS) is 11.7. The Morgan fingerprint density at radius 3 is 2.43 bits per heavy atom. The number of hydrogen-bond acceptors (Lipinski definition) is 3. The highest BCUT2D eigenvalue weighted by Crippen LogP contribution is 2.27. The molecular formula is C29H27N5O. The van der Waals surface area contributed by atoms with Crippen LogP contribution in [-0.2, 0) is 6.54 Å². The average molecular weight is 462 g/mol. The van der Waals surface area contributed by atoms with E-state index in [0.29, 0.717) is 5.56 Å². The summed E-state index contributed by atoms with van der Waals surface area (Å²) in [5.74, 6) is -0.228. The third-order valence-corrected chi connectivity index (χ3v) is 6.50. The molecule has 1 amide bonds. The molecule has 6 heteroatoms. The summed E-state index contributed by atoms with van der Waals surface area (Å²) in [5, 5.41) is 5.42. The number of imidazole rings is 1. The Morgan fingerprint density at radius 1 is 0.971 bits per heavy atom. The maximum atomic E-state index is 12.9. The largest absolute Gasteiger partial charge is 0.340 e. The molecule has 0 aliphatic rings. The van der Waals surface area contributed by atoms with E-state index < -0.39 is 0 Å². The van der Waals surface area contributed by atoms with E-state index in [1.54, 1.807) is 12.5 Å². The molecular weight excluding hydrogens is 434 g/mol. The summed E-state index contributed by atoms with van der Waals surface area (Å²) in [4.78, 5) is 17.0. The summed E-state index contributed by atoms with van der Waals surface area (Å²) in [5.41, 5.74) is 10.7. The SMILES string of the molecule is CC(=NNC(=O)c1ccc2c(c1)c(C)c(C)n2Cc1ccccc1)c1ccc(-n2ccnc2)cc1. The first-order valence-corrected chi connectivity index (χ1v) is 11.6. The van der Waals surface area contributed by atoms with Crippen molar-refractivity contribution in [3.05, 3.63) is 119 Å². The highest BCUT2D eigenvalue weighted by atomic mass is 16.2. The van der Waals surface area contributed by atoms with Crippen LogP contribution in [0.5, 0.6) is 0 Å². The van der Waals surface area contributed by atoms with Gasteiger partial charge in [0.25, 0.3) is 5.91 Å². The average Bonchev–Trinajstić information content (AvgIpc) is 3.52. The zero-order valence-electron chi connectivity index (χ0n) is 20.1. The summed E-state index contributed by atoms with van der Waals surface area (Å²) in [6, 6.07) is 24.2. The van der Waals surface area contributed by atoms with Gasteiger partial charge in [0, 0.05) is 46.8 Å². The molecule has 3 aromatic carbocycles. The second-order valence-electron chi connectivity index (χ2n) is 8.67. The Balaban J connectivity index is 1.34. The van der Waals surface area contributed by atoms with E-state index in [-0.39, 0.29) is 5.91 Å². The lowest BCUT2D eigenvalue weighted by molar-refractivity contribution is 0.0955. The van der Waals surface area contributed by atoms with Crippen LogP contribution in [0, 0.1) is 13.8 Å². The van der Waals surface area contributed by atoms with E-state index in [0.717, 1.165) is 34.4 Å². The van der Waals surface area contributed by atoms with Crippen LogP contribution in [0.3, 0.4) is 0 Å². The number of hydrogen-bond donors (Lipinski definition) is 1. The predicted octanol–water partition coefficient (Wildman–Crippen LogP) is 5.65. The molecule has 0 radical (unpaired) electrons. The number of carbonyl (C=O) groups excluding carboxylic acids is 1. The number of fused-ring (bicyclic) bond motifs is 1. The minimum atomic E-state index is -0.228. The summed E-state index contributed by atoms with van der Waals surface area (Å²) in [6.07, 6.45) is 5.40. The fourth-order valence-corrected chi connectivity index (χ4v) is 4.31. The predicted molar refractivity (Wildman–Crippen MR) is 140 cm³/mol. The van der Waals surface area contributed by atoms with Gasteiger partial charge in [-0.15, -0.1) is 0 Å². The minimum absolute atomic E-state index is 0.228. The summed E-state index contributed by atoms with van der Waals surface area (Å²) >= 11 is 0. The highest BCUT2D eigenvalue weighted by molar-refractivity contribution is 6.02. The summed E-state index contributed by atoms with van der Waals surface area (Å²) in [7, 11) is 0. The monoisotopic (exact) mass is 461 g/mol. The number of aryl methyl sites for hydroxylation is 1. The summed E-state index contributed by atoms with van der Waals surface area (Å²) < 4.78 is 4.24. The van der Waals surface area contributed by atoms with E-state index in [1.165, 1.54) is 16.8 Å². The molecule has 5 rings (SSSR count). The minimum Gasteiger partial charge on any atom is -0.340 e. The molecule has 0 spiro atoms. The van der Waals surface area contributed by atoms with Crippen LogP contribution in [0.1, 0.15) is 39.7 Å². The Kier molecular flexibility index (Phi) is 6.02. The number of aromatic nitrogens is 3. The van der Waals surface area contributed by atoms with Crippen molar-refractivity contribution in [3.8, 4) is 5.69 Å². The van der Waals surface area contributed by atoms with Crippen LogP contribution >= 0.6 is 0 Å². The van der Waals surface area contributed by atoms with Gasteiger partial charge in [-0.25, -0.2) is 10.4 Å². The second-order valence-corrected chi connectivity index (χ2v) is 8.67. The van der Waals surface area contributed by atoms with Crippen molar-refractivity contribution in [2.24, 2.45) is 5.10 Å². The van der Waals surface area contributed by atoms with E-state index >= 15 is 0 Å². The number of benzene rings is 3. The molecule has 0 atom stereocenters. The van der Waals surface area contributed by atoms with E-state index in [1.807, 2.05) is 66.2 Å². The second kappa shape index (κ2) is 9.43. The first-order valence-electron chi connectivity index (χ1n) is 11.6. The molecule has 35 heavy (non-hydrogen) atoms. The van der Waals surface area contributed by atoms with Crippen LogP contribution < -0.4 is 5.43 Å². The molecule has 174 valence electrons. The van der Waals surface area contributed by atoms with Crippen LogP contribution in [0.4, 0.5) is 0 Å². The lowest BCUT2D eigenvalue weighted by atomic mass is 10.1. The fourth-order valence-electron chi connectivity index (χ4n) is 4.31. The standard InChI is InChI=1S/C29H27N5O/c1-20-22(3)34(18-23-7-5-4-6-8-23)28-14-11-25(17-27(20)28)29(35)32-31-21(2)24-9-12-26(13-10-24)33-16-15-30-19-33/h4-17,19H,18H2,1-3H3,(H,32,35). The zero-order chi connectivity index (χ0) is 24.4. The third kappa shape index (κ3) is 4.51. The molecule has 6 nitrogen and oxygen atoms in total. The number of nitrogens with one attached hydrogen (secondary N) is 1. The van der Waals surface area contributed by atoms with Gasteiger partial charge in [0.1, 0.15) is 0 Å². The molecule has 0 aliphatic heterocycles. The van der Waals surface area contributed by atoms with Gasteiger partial charge in [-0.1, -0.05) is 42.5 Å². The topological polar surface area (TPSA) is 64.2 Å². The van der Waals surface area contributed by atoms with E-state index in [2.05, 4.69) is 58.2 Å². The molecule has 0 unspecified atom stereocenters. The number of carbonyl (C=O) groups is 1. The number of amides is 1. The Hall–Kier alpha value is -4.45. The van der Waals surface area contributed by atoms with E-state index in [4.69, 9.17) is 0 Å². The van der Waals surface area contributed by atoms with Gasteiger partial charge in [-0.3, -0.25) is 4.79 Å². The zero-order valence-corrected chi connectivity index (χ0v) is 20.1. The quantitative estimate of drug-likeness (QED) is 0.262. The molecule has 5 aromatic rings. The van der Waals surface area contributed by atoms with Crippen molar-refractivity contribution < 1.29 is 4.79 Å². The van der Waals surface area contributed by atoms with Gasteiger partial charge in [-0.2, -0.15) is 5.10 Å². The lowest BCUT2D eigenvalue weighted by Gasteiger charge is -2.09. The molecule has 0 aliphatic carbocycles. The first kappa shape index (κ1) is 22.3. The number of nitrogens with zero attached hydrogens (tertiary/aromatic N) is 4. The molecule has 0 bridgehead atoms. The van der Waals surface area contributed by atoms with Crippen molar-refractivity contribution in [3.63, 3.8) is 0 Å². The van der Waals surface area contributed by atoms with Gasteiger partial charge in [0.15, 0.2) is 0 Å². The highest BCUT2D eigenvalue weighted by Gasteiger charge is 2.14. The summed E-state index contributed by atoms with van der Waals surface area (Å²) in [6.45, 7) is 6.92. The lowest BCUT2D eigenvalue weighted by Crippen LogP contribution is -2.19. The van der Waals surface area contributed by atoms with Crippen LogP contribution in [0.2, 0.25) is 0 Å². The van der Waals surface area contributed by atoms with Crippen molar-refractivity contribution in [2.75, 3.05) is 0 Å². The fraction of sp³-hybridized carbons (Fsp3) is 0.138. The van der Waals surface area contributed by atoms with Crippen molar-refractivity contribution in [1.29, 1.82) is 0 Å². The van der Waals surface area contributed by atoms with Crippen LogP contribution in [-0.4, -0.2) is 25.7 Å². The van der Waals surface area contributed by atoms with Crippen LogP contribution in [0.25, 0.3) is 16.6 Å². The van der Waals surface area contributed by atoms with Gasteiger partial charge >= 0.3 is 0 Å². The smallest absolute Gasteiger partial charge is 0.271 e. The van der Waals surface area contributed by atoms with Gasteiger partial charge in [0.2, 0.25) is 0 Å². The Morgan fingerprint density at radius 2 is 1.71 bits per heavy atom. The molecule has 2 heterocycles. The van der Waals surface area contributed by atoms with Crippen molar-refractivity contribution in [1.82, 2.24) is 19.5 Å². The molecule has 0 fully saturated rings. The number of rotatable bonds is 6. The van der Waals surface area contributed by atoms with Crippen molar-refractivity contribution >= 4 is 22.5 Å². The maximum absolute atomic E-state index is 12.9.